The molecular formula is C12H16IN5O. The molecule has 0 fully saturated rings. The monoisotopic (exact) mass is 373 g/mol. The van der Waals surface area contributed by atoms with Crippen molar-refractivity contribution in [1.82, 2.24) is 24.9 Å². The lowest BCUT2D eigenvalue weighted by atomic mass is 10.2. The Labute approximate surface area is 125 Å². The van der Waals surface area contributed by atoms with Crippen LogP contribution in [0.15, 0.2) is 12.4 Å². The first-order chi connectivity index (χ1) is 9.02. The minimum atomic E-state index is -0.118. The minimum absolute atomic E-state index is 0.118. The van der Waals surface area contributed by atoms with Crippen LogP contribution in [0.4, 0.5) is 0 Å². The van der Waals surface area contributed by atoms with E-state index < -0.39 is 0 Å². The van der Waals surface area contributed by atoms with Crippen LogP contribution in [0.5, 0.6) is 0 Å². The van der Waals surface area contributed by atoms with E-state index in [2.05, 4.69) is 38.1 Å². The molecule has 0 aliphatic heterocycles. The number of nitrogens with zero attached hydrogens (tertiary/aromatic N) is 4. The fraction of sp³-hybridized carbons (Fsp3) is 0.417. The van der Waals surface area contributed by atoms with Crippen molar-refractivity contribution in [3.05, 3.63) is 32.9 Å². The Balaban J connectivity index is 2.06. The first kappa shape index (κ1) is 14.0. The van der Waals surface area contributed by atoms with Crippen molar-refractivity contribution in [3.8, 4) is 0 Å². The van der Waals surface area contributed by atoms with Gasteiger partial charge in [-0.05, 0) is 36.4 Å². The van der Waals surface area contributed by atoms with Crippen molar-refractivity contribution >= 4 is 28.5 Å². The molecule has 102 valence electrons. The number of aryl methyl sites for hydroxylation is 3. The van der Waals surface area contributed by atoms with Crippen LogP contribution in [0.25, 0.3) is 0 Å². The number of amides is 1. The third-order valence-corrected chi connectivity index (χ3v) is 3.71. The van der Waals surface area contributed by atoms with Crippen molar-refractivity contribution in [3.63, 3.8) is 0 Å². The summed E-state index contributed by atoms with van der Waals surface area (Å²) in [6, 6.07) is 0. The lowest BCUT2D eigenvalue weighted by molar-refractivity contribution is 0.0940. The number of rotatable bonds is 4. The molecule has 0 saturated heterocycles. The summed E-state index contributed by atoms with van der Waals surface area (Å²) in [4.78, 5) is 12.1. The molecule has 19 heavy (non-hydrogen) atoms. The lowest BCUT2D eigenvalue weighted by Gasteiger charge is -2.05. The standard InChI is InChI=1S/C12H16IN5O/c1-4-18-7-9(8(2)16-18)5-14-12(19)11-10(13)6-15-17(11)3/h6-7H,4-5H2,1-3H3,(H,14,19). The predicted molar refractivity (Wildman–Crippen MR) is 79.7 cm³/mol. The van der Waals surface area contributed by atoms with Gasteiger partial charge in [0.25, 0.3) is 5.91 Å². The van der Waals surface area contributed by atoms with Gasteiger partial charge in [-0.2, -0.15) is 10.2 Å². The van der Waals surface area contributed by atoms with Crippen LogP contribution in [0.2, 0.25) is 0 Å². The zero-order chi connectivity index (χ0) is 14.0. The Kier molecular flexibility index (Phi) is 4.23. The van der Waals surface area contributed by atoms with E-state index in [1.54, 1.807) is 17.9 Å². The molecule has 7 heteroatoms. The second-order valence-electron chi connectivity index (χ2n) is 4.24. The van der Waals surface area contributed by atoms with Crippen molar-refractivity contribution in [2.45, 2.75) is 26.9 Å². The molecule has 0 aliphatic rings. The molecule has 2 aromatic rings. The Bertz CT molecular complexity index is 582. The molecule has 2 rings (SSSR count). The van der Waals surface area contributed by atoms with Crippen molar-refractivity contribution < 1.29 is 4.79 Å². The van der Waals surface area contributed by atoms with Crippen LogP contribution < -0.4 is 5.32 Å². The molecule has 6 nitrogen and oxygen atoms in total. The van der Waals surface area contributed by atoms with Crippen LogP contribution in [0, 0.1) is 10.5 Å². The molecule has 1 N–H and O–H groups in total. The summed E-state index contributed by atoms with van der Waals surface area (Å²) in [5.41, 5.74) is 2.57. The summed E-state index contributed by atoms with van der Waals surface area (Å²) in [5.74, 6) is -0.118. The first-order valence-electron chi connectivity index (χ1n) is 6.01. The van der Waals surface area contributed by atoms with E-state index in [1.807, 2.05) is 24.7 Å². The number of hydrogen-bond donors (Lipinski definition) is 1. The van der Waals surface area contributed by atoms with E-state index >= 15 is 0 Å². The Morgan fingerprint density at radius 2 is 2.26 bits per heavy atom. The molecule has 0 saturated carbocycles. The zero-order valence-corrected chi connectivity index (χ0v) is 13.3. The van der Waals surface area contributed by atoms with Gasteiger partial charge in [0, 0.05) is 31.9 Å². The molecule has 0 aromatic carbocycles. The second-order valence-corrected chi connectivity index (χ2v) is 5.41. The fourth-order valence-electron chi connectivity index (χ4n) is 1.82. The topological polar surface area (TPSA) is 64.7 Å². The van der Waals surface area contributed by atoms with Gasteiger partial charge in [0.15, 0.2) is 0 Å². The summed E-state index contributed by atoms with van der Waals surface area (Å²) < 4.78 is 4.29. The molecule has 0 spiro atoms. The normalized spacial score (nSPS) is 10.7. The predicted octanol–water partition coefficient (Wildman–Crippen LogP) is 1.48. The minimum Gasteiger partial charge on any atom is -0.346 e. The van der Waals surface area contributed by atoms with Gasteiger partial charge in [0.1, 0.15) is 5.69 Å². The van der Waals surface area contributed by atoms with Crippen LogP contribution in [-0.4, -0.2) is 25.5 Å². The van der Waals surface area contributed by atoms with E-state index in [9.17, 15) is 4.79 Å². The summed E-state index contributed by atoms with van der Waals surface area (Å²) >= 11 is 2.11. The summed E-state index contributed by atoms with van der Waals surface area (Å²) in [6.07, 6.45) is 3.64. The van der Waals surface area contributed by atoms with Gasteiger partial charge >= 0.3 is 0 Å². The second kappa shape index (κ2) is 5.72. The van der Waals surface area contributed by atoms with E-state index in [-0.39, 0.29) is 5.91 Å². The first-order valence-corrected chi connectivity index (χ1v) is 7.09. The molecule has 2 aromatic heterocycles. The molecule has 0 atom stereocenters. The van der Waals surface area contributed by atoms with Gasteiger partial charge in [-0.1, -0.05) is 0 Å². The van der Waals surface area contributed by atoms with Gasteiger partial charge in [-0.25, -0.2) is 0 Å². The largest absolute Gasteiger partial charge is 0.346 e. The number of carbonyl (C=O) groups is 1. The zero-order valence-electron chi connectivity index (χ0n) is 11.1. The van der Waals surface area contributed by atoms with Gasteiger partial charge in [0.05, 0.1) is 15.5 Å². The number of halogens is 1. The Hall–Kier alpha value is -1.38. The average Bonchev–Trinajstić information content (AvgIpc) is 2.90. The SMILES string of the molecule is CCn1cc(CNC(=O)c2c(I)cnn2C)c(C)n1. The summed E-state index contributed by atoms with van der Waals surface area (Å²) in [7, 11) is 1.76. The van der Waals surface area contributed by atoms with Gasteiger partial charge in [-0.3, -0.25) is 14.2 Å². The number of nitrogens with one attached hydrogen (secondary N) is 1. The average molecular weight is 373 g/mol. The fourth-order valence-corrected chi connectivity index (χ4v) is 2.54. The van der Waals surface area contributed by atoms with E-state index in [4.69, 9.17) is 0 Å². The Morgan fingerprint density at radius 3 is 2.79 bits per heavy atom. The van der Waals surface area contributed by atoms with E-state index in [1.165, 1.54) is 0 Å². The van der Waals surface area contributed by atoms with Gasteiger partial charge < -0.3 is 5.32 Å². The molecule has 0 bridgehead atoms. The molecule has 0 aliphatic carbocycles. The van der Waals surface area contributed by atoms with Gasteiger partial charge in [0.2, 0.25) is 0 Å². The molecule has 1 amide bonds. The molecule has 2 heterocycles. The van der Waals surface area contributed by atoms with Crippen molar-refractivity contribution in [1.29, 1.82) is 0 Å². The summed E-state index contributed by atoms with van der Waals surface area (Å²) in [6.45, 7) is 5.29. The highest BCUT2D eigenvalue weighted by Crippen LogP contribution is 2.11. The quantitative estimate of drug-likeness (QED) is 0.826. The maximum atomic E-state index is 12.1. The third kappa shape index (κ3) is 2.96. The van der Waals surface area contributed by atoms with E-state index in [0.29, 0.717) is 12.2 Å². The van der Waals surface area contributed by atoms with E-state index in [0.717, 1.165) is 21.4 Å². The highest BCUT2D eigenvalue weighted by molar-refractivity contribution is 14.1. The Morgan fingerprint density at radius 1 is 1.53 bits per heavy atom. The highest BCUT2D eigenvalue weighted by Gasteiger charge is 2.15. The van der Waals surface area contributed by atoms with Crippen LogP contribution in [-0.2, 0) is 20.1 Å². The smallest absolute Gasteiger partial charge is 0.270 e. The molecule has 0 unspecified atom stereocenters. The van der Waals surface area contributed by atoms with Crippen molar-refractivity contribution in [2.24, 2.45) is 7.05 Å². The van der Waals surface area contributed by atoms with Crippen LogP contribution >= 0.6 is 22.6 Å². The summed E-state index contributed by atoms with van der Waals surface area (Å²) in [5, 5.41) is 11.3. The molecule has 0 radical (unpaired) electrons. The number of carbonyl (C=O) groups excluding carboxylic acids is 1. The highest BCUT2D eigenvalue weighted by atomic mass is 127. The maximum absolute atomic E-state index is 12.1. The van der Waals surface area contributed by atoms with Gasteiger partial charge in [-0.15, -0.1) is 0 Å². The maximum Gasteiger partial charge on any atom is 0.270 e. The third-order valence-electron chi connectivity index (χ3n) is 2.92. The number of hydrogen-bond acceptors (Lipinski definition) is 3. The molecular weight excluding hydrogens is 357 g/mol. The van der Waals surface area contributed by atoms with Crippen LogP contribution in [0.1, 0.15) is 28.7 Å². The van der Waals surface area contributed by atoms with Crippen LogP contribution in [0.3, 0.4) is 0 Å². The number of aromatic nitrogens is 4. The lowest BCUT2D eigenvalue weighted by Crippen LogP contribution is -2.26. The van der Waals surface area contributed by atoms with Crippen molar-refractivity contribution in [2.75, 3.05) is 0 Å².